The van der Waals surface area contributed by atoms with Gasteiger partial charge in [-0.3, -0.25) is 19.0 Å². The second kappa shape index (κ2) is 8.80. The maximum atomic E-state index is 13.1. The molecule has 1 aliphatic heterocycles. The number of anilines is 1. The lowest BCUT2D eigenvalue weighted by Crippen LogP contribution is -2.44. The lowest BCUT2D eigenvalue weighted by Gasteiger charge is -2.33. The molecule has 2 aromatic heterocycles. The number of likely N-dealkylation sites (tertiary alicyclic amines) is 1. The number of thiophene rings is 1. The molecule has 1 N–H and O–H groups in total. The summed E-state index contributed by atoms with van der Waals surface area (Å²) >= 11 is 7.14. The fourth-order valence-corrected chi connectivity index (χ4v) is 5.17. The van der Waals surface area contributed by atoms with Crippen molar-refractivity contribution in [2.45, 2.75) is 45.7 Å². The molecule has 1 fully saturated rings. The van der Waals surface area contributed by atoms with Crippen LogP contribution in [0.4, 0.5) is 5.69 Å². The first-order chi connectivity index (χ1) is 14.8. The molecule has 1 saturated heterocycles. The molecular formula is C22H23ClN4O3S. The van der Waals surface area contributed by atoms with Crippen LogP contribution >= 0.6 is 22.9 Å². The molecule has 0 radical (unpaired) electrons. The highest BCUT2D eigenvalue weighted by Crippen LogP contribution is 2.28. The summed E-state index contributed by atoms with van der Waals surface area (Å²) in [6.45, 7) is 4.43. The minimum absolute atomic E-state index is 0.0502. The van der Waals surface area contributed by atoms with Crippen molar-refractivity contribution in [2.24, 2.45) is 0 Å². The van der Waals surface area contributed by atoms with Gasteiger partial charge in [0.1, 0.15) is 11.4 Å². The van der Waals surface area contributed by atoms with Gasteiger partial charge in [-0.1, -0.05) is 17.7 Å². The van der Waals surface area contributed by atoms with E-state index in [2.05, 4.69) is 10.3 Å². The number of hydrogen-bond acceptors (Lipinski definition) is 5. The SMILES string of the molecule is Cc1c(C(=O)Nc2cccc(Cl)c2)sc2ncn(CC(=O)N3CCCC[C@H]3C)c(=O)c12. The highest BCUT2D eigenvalue weighted by Gasteiger charge is 2.25. The third kappa shape index (κ3) is 4.36. The van der Waals surface area contributed by atoms with Gasteiger partial charge in [-0.15, -0.1) is 11.3 Å². The van der Waals surface area contributed by atoms with Crippen LogP contribution in [-0.2, 0) is 11.3 Å². The highest BCUT2D eigenvalue weighted by molar-refractivity contribution is 7.20. The topological polar surface area (TPSA) is 84.3 Å². The number of hydrogen-bond donors (Lipinski definition) is 1. The molecule has 4 rings (SSSR count). The summed E-state index contributed by atoms with van der Waals surface area (Å²) in [6.07, 6.45) is 4.47. The van der Waals surface area contributed by atoms with E-state index in [9.17, 15) is 14.4 Å². The van der Waals surface area contributed by atoms with Crippen LogP contribution in [0.5, 0.6) is 0 Å². The molecule has 1 aliphatic rings. The predicted octanol–water partition coefficient (Wildman–Crippen LogP) is 4.07. The quantitative estimate of drug-likeness (QED) is 0.638. The summed E-state index contributed by atoms with van der Waals surface area (Å²) in [5, 5.41) is 3.70. The number of amides is 2. The van der Waals surface area contributed by atoms with Gasteiger partial charge in [0.2, 0.25) is 5.91 Å². The van der Waals surface area contributed by atoms with E-state index >= 15 is 0 Å². The second-order valence-corrected chi connectivity index (χ2v) is 9.25. The second-order valence-electron chi connectivity index (χ2n) is 7.81. The summed E-state index contributed by atoms with van der Waals surface area (Å²) in [5.41, 5.74) is 0.824. The Kier molecular flexibility index (Phi) is 6.11. The van der Waals surface area contributed by atoms with Crippen LogP contribution < -0.4 is 10.9 Å². The number of piperidine rings is 1. The minimum atomic E-state index is -0.327. The Morgan fingerprint density at radius 1 is 1.32 bits per heavy atom. The van der Waals surface area contributed by atoms with Crippen LogP contribution in [0.2, 0.25) is 5.02 Å². The number of nitrogens with zero attached hydrogens (tertiary/aromatic N) is 3. The number of aromatic nitrogens is 2. The van der Waals surface area contributed by atoms with Crippen molar-refractivity contribution in [2.75, 3.05) is 11.9 Å². The standard InChI is InChI=1S/C22H23ClN4O3S/c1-13-6-3-4-9-27(13)17(28)11-26-12-24-21-18(22(26)30)14(2)19(31-21)20(29)25-16-8-5-7-15(23)10-16/h5,7-8,10,12-13H,3-4,6,9,11H2,1-2H3,(H,25,29)/t13-/m1/s1. The van der Waals surface area contributed by atoms with Crippen molar-refractivity contribution in [3.05, 3.63) is 56.4 Å². The summed E-state index contributed by atoms with van der Waals surface area (Å²) in [6, 6.07) is 7.04. The number of fused-ring (bicyclic) bond motifs is 1. The zero-order valence-corrected chi connectivity index (χ0v) is 18.9. The molecule has 1 aromatic carbocycles. The Hall–Kier alpha value is -2.71. The number of rotatable bonds is 4. The third-order valence-electron chi connectivity index (χ3n) is 5.63. The van der Waals surface area contributed by atoms with E-state index in [4.69, 9.17) is 11.6 Å². The highest BCUT2D eigenvalue weighted by atomic mass is 35.5. The van der Waals surface area contributed by atoms with Gasteiger partial charge in [0.15, 0.2) is 0 Å². The lowest BCUT2D eigenvalue weighted by atomic mass is 10.0. The Morgan fingerprint density at radius 2 is 2.13 bits per heavy atom. The molecule has 3 aromatic rings. The average molecular weight is 459 g/mol. The first-order valence-corrected chi connectivity index (χ1v) is 11.4. The van der Waals surface area contributed by atoms with Gasteiger partial charge >= 0.3 is 0 Å². The number of aryl methyl sites for hydroxylation is 1. The van der Waals surface area contributed by atoms with Crippen molar-refractivity contribution in [1.29, 1.82) is 0 Å². The van der Waals surface area contributed by atoms with Crippen LogP contribution in [0.3, 0.4) is 0 Å². The van der Waals surface area contributed by atoms with Gasteiger partial charge < -0.3 is 10.2 Å². The first-order valence-electron chi connectivity index (χ1n) is 10.2. The third-order valence-corrected chi connectivity index (χ3v) is 7.07. The Labute approximate surface area is 188 Å². The number of carbonyl (C=O) groups is 2. The van der Waals surface area contributed by atoms with Gasteiger partial charge in [-0.25, -0.2) is 4.98 Å². The van der Waals surface area contributed by atoms with Crippen LogP contribution in [-0.4, -0.2) is 38.9 Å². The van der Waals surface area contributed by atoms with Gasteiger partial charge in [-0.2, -0.15) is 0 Å². The van der Waals surface area contributed by atoms with E-state index in [-0.39, 0.29) is 30.0 Å². The van der Waals surface area contributed by atoms with E-state index in [0.717, 1.165) is 37.1 Å². The van der Waals surface area contributed by atoms with E-state index in [1.54, 1.807) is 31.2 Å². The maximum absolute atomic E-state index is 13.1. The van der Waals surface area contributed by atoms with Crippen molar-refractivity contribution in [3.63, 3.8) is 0 Å². The lowest BCUT2D eigenvalue weighted by molar-refractivity contribution is -0.135. The van der Waals surface area contributed by atoms with Crippen molar-refractivity contribution < 1.29 is 9.59 Å². The molecule has 9 heteroatoms. The monoisotopic (exact) mass is 458 g/mol. The van der Waals surface area contributed by atoms with E-state index in [1.165, 1.54) is 10.9 Å². The molecule has 7 nitrogen and oxygen atoms in total. The summed E-state index contributed by atoms with van der Waals surface area (Å²) < 4.78 is 1.34. The van der Waals surface area contributed by atoms with Gasteiger partial charge in [-0.05, 0) is 56.9 Å². The molecule has 0 saturated carbocycles. The zero-order valence-electron chi connectivity index (χ0n) is 17.4. The molecular weight excluding hydrogens is 436 g/mol. The van der Waals surface area contributed by atoms with E-state index in [1.807, 2.05) is 11.8 Å². The predicted molar refractivity (Wildman–Crippen MR) is 123 cm³/mol. The summed E-state index contributed by atoms with van der Waals surface area (Å²) in [4.78, 5) is 45.7. The van der Waals surface area contributed by atoms with Gasteiger partial charge in [0.05, 0.1) is 16.6 Å². The molecule has 0 aliphatic carbocycles. The van der Waals surface area contributed by atoms with Gasteiger partial charge in [0, 0.05) is 23.3 Å². The summed E-state index contributed by atoms with van der Waals surface area (Å²) in [5.74, 6) is -0.408. The Bertz CT molecular complexity index is 1220. The molecule has 3 heterocycles. The number of benzene rings is 1. The minimum Gasteiger partial charge on any atom is -0.338 e. The maximum Gasteiger partial charge on any atom is 0.266 e. The molecule has 162 valence electrons. The summed E-state index contributed by atoms with van der Waals surface area (Å²) in [7, 11) is 0. The van der Waals surface area contributed by atoms with Gasteiger partial charge in [0.25, 0.3) is 11.5 Å². The number of carbonyl (C=O) groups excluding carboxylic acids is 2. The van der Waals surface area contributed by atoms with E-state index < -0.39 is 0 Å². The number of halogens is 1. The molecule has 0 unspecified atom stereocenters. The molecule has 31 heavy (non-hydrogen) atoms. The van der Waals surface area contributed by atoms with E-state index in [0.29, 0.717) is 31.4 Å². The smallest absolute Gasteiger partial charge is 0.266 e. The molecule has 1 atom stereocenters. The van der Waals surface area contributed by atoms with Crippen LogP contribution in [0.25, 0.3) is 10.2 Å². The molecule has 0 bridgehead atoms. The number of nitrogens with one attached hydrogen (secondary N) is 1. The Morgan fingerprint density at radius 3 is 2.87 bits per heavy atom. The van der Waals surface area contributed by atoms with Crippen LogP contribution in [0, 0.1) is 6.92 Å². The molecule has 2 amide bonds. The van der Waals surface area contributed by atoms with Crippen molar-refractivity contribution in [3.8, 4) is 0 Å². The largest absolute Gasteiger partial charge is 0.338 e. The average Bonchev–Trinajstić information content (AvgIpc) is 3.07. The normalized spacial score (nSPS) is 16.5. The Balaban J connectivity index is 1.61. The fourth-order valence-electron chi connectivity index (χ4n) is 3.95. The van der Waals surface area contributed by atoms with Crippen LogP contribution in [0.1, 0.15) is 41.4 Å². The molecule has 0 spiro atoms. The zero-order chi connectivity index (χ0) is 22.1. The van der Waals surface area contributed by atoms with Crippen LogP contribution in [0.15, 0.2) is 35.4 Å². The van der Waals surface area contributed by atoms with Crippen molar-refractivity contribution in [1.82, 2.24) is 14.5 Å². The van der Waals surface area contributed by atoms with Crippen molar-refractivity contribution >= 4 is 50.7 Å². The first kappa shape index (κ1) is 21.5. The fraction of sp³-hybridized carbons (Fsp3) is 0.364.